The number of halogens is 2. The number of aromatic nitrogens is 1. The first kappa shape index (κ1) is 32.2. The largest absolute Gasteiger partial charge is 0.493 e. The predicted molar refractivity (Wildman–Crippen MR) is 175 cm³/mol. The predicted octanol–water partition coefficient (Wildman–Crippen LogP) is 6.51. The number of carbonyl (C=O) groups is 2. The number of carbonyl (C=O) groups excluding carboxylic acids is 2. The molecular formula is C38H38F2N2O6. The fraction of sp³-hybridized carbons (Fsp3) is 0.395. The van der Waals surface area contributed by atoms with E-state index in [0.717, 1.165) is 45.7 Å². The van der Waals surface area contributed by atoms with Crippen LogP contribution in [0.1, 0.15) is 36.8 Å². The minimum absolute atomic E-state index is 0.00714. The zero-order chi connectivity index (χ0) is 33.3. The summed E-state index contributed by atoms with van der Waals surface area (Å²) in [6, 6.07) is 15.4. The van der Waals surface area contributed by atoms with Crippen LogP contribution in [0.5, 0.6) is 23.0 Å². The molecule has 1 aromatic heterocycles. The number of hydrogen-bond acceptors (Lipinski definition) is 8. The smallest absolute Gasteiger partial charge is 0.166 e. The van der Waals surface area contributed by atoms with E-state index >= 15 is 4.39 Å². The molecule has 4 aromatic rings. The highest BCUT2D eigenvalue weighted by Crippen LogP contribution is 2.49. The summed E-state index contributed by atoms with van der Waals surface area (Å²) in [6.45, 7) is 4.62. The zero-order valence-corrected chi connectivity index (χ0v) is 26.9. The van der Waals surface area contributed by atoms with E-state index in [1.807, 2.05) is 6.07 Å². The zero-order valence-electron chi connectivity index (χ0n) is 26.9. The van der Waals surface area contributed by atoms with E-state index in [1.165, 1.54) is 24.3 Å². The number of Topliss-reactive ketones (excluding diaryl/α,β-unsaturated/α-hetero) is 2. The third-order valence-corrected chi connectivity index (χ3v) is 9.77. The topological polar surface area (TPSA) is 87.2 Å². The Kier molecular flexibility index (Phi) is 9.11. The number of ketones is 2. The standard InChI is InChI=1S/C38H38F2N2O6/c1-45-34-21-29-31(22-35(34)47-28-16-26(17-28)23-42-12-14-46-15-13-42)41-11-8-32(29)48-33-7-4-25(18-30(33)40)20-37(44)38(9-10-38)36(43)19-24-2-5-27(39)6-3-24/h2-8,11,18,21-22,26,28H,9-10,12-17,19-20,23H2,1H3. The molecule has 0 amide bonds. The molecule has 0 bridgehead atoms. The molecule has 3 fully saturated rings. The molecule has 48 heavy (non-hydrogen) atoms. The maximum Gasteiger partial charge on any atom is 0.166 e. The van der Waals surface area contributed by atoms with Gasteiger partial charge >= 0.3 is 0 Å². The van der Waals surface area contributed by atoms with Gasteiger partial charge in [0, 0.05) is 50.1 Å². The molecule has 0 unspecified atom stereocenters. The lowest BCUT2D eigenvalue weighted by Crippen LogP contribution is -2.45. The third-order valence-electron chi connectivity index (χ3n) is 9.77. The molecule has 3 aliphatic rings. The summed E-state index contributed by atoms with van der Waals surface area (Å²) in [5.41, 5.74) is 0.678. The van der Waals surface area contributed by atoms with Crippen LogP contribution in [-0.4, -0.2) is 67.5 Å². The van der Waals surface area contributed by atoms with Crippen molar-refractivity contribution < 1.29 is 37.3 Å². The molecule has 2 aliphatic carbocycles. The van der Waals surface area contributed by atoms with E-state index in [1.54, 1.807) is 43.6 Å². The highest BCUT2D eigenvalue weighted by atomic mass is 19.1. The lowest BCUT2D eigenvalue weighted by Gasteiger charge is -2.39. The van der Waals surface area contributed by atoms with Gasteiger partial charge in [-0.05, 0) is 79.1 Å². The fourth-order valence-corrected chi connectivity index (χ4v) is 6.72. The van der Waals surface area contributed by atoms with Crippen molar-refractivity contribution in [1.29, 1.82) is 0 Å². The van der Waals surface area contributed by atoms with E-state index in [4.69, 9.17) is 18.9 Å². The van der Waals surface area contributed by atoms with Crippen LogP contribution in [0.25, 0.3) is 10.9 Å². The Labute approximate surface area is 278 Å². The lowest BCUT2D eigenvalue weighted by molar-refractivity contribution is -0.133. The normalized spacial score (nSPS) is 20.1. The summed E-state index contributed by atoms with van der Waals surface area (Å²) in [6.07, 6.45) is 4.57. The van der Waals surface area contributed by atoms with Gasteiger partial charge in [0.05, 0.1) is 37.4 Å². The number of fused-ring (bicyclic) bond motifs is 1. The van der Waals surface area contributed by atoms with Crippen molar-refractivity contribution in [3.8, 4) is 23.0 Å². The van der Waals surface area contributed by atoms with Crippen molar-refractivity contribution in [2.75, 3.05) is 40.0 Å². The number of nitrogens with zero attached hydrogens (tertiary/aromatic N) is 2. The fourth-order valence-electron chi connectivity index (χ4n) is 6.72. The van der Waals surface area contributed by atoms with E-state index in [2.05, 4.69) is 9.88 Å². The van der Waals surface area contributed by atoms with E-state index in [9.17, 15) is 14.0 Å². The van der Waals surface area contributed by atoms with Crippen LogP contribution in [-0.2, 0) is 27.2 Å². The van der Waals surface area contributed by atoms with Gasteiger partial charge in [0.1, 0.15) is 11.6 Å². The molecule has 7 rings (SSSR count). The SMILES string of the molecule is COc1cc2c(Oc3ccc(CC(=O)C4(C(=O)Cc5ccc(F)cc5)CC4)cc3F)ccnc2cc1OC1CC(CN2CCOCC2)C1. The van der Waals surface area contributed by atoms with Crippen LogP contribution in [0.2, 0.25) is 0 Å². The Morgan fingerprint density at radius 1 is 0.875 bits per heavy atom. The number of methoxy groups -OCH3 is 1. The van der Waals surface area contributed by atoms with Gasteiger partial charge in [-0.1, -0.05) is 18.2 Å². The van der Waals surface area contributed by atoms with Crippen molar-refractivity contribution in [3.63, 3.8) is 0 Å². The van der Waals surface area contributed by atoms with Gasteiger partial charge in [0.15, 0.2) is 34.6 Å². The van der Waals surface area contributed by atoms with Crippen LogP contribution in [0.3, 0.4) is 0 Å². The summed E-state index contributed by atoms with van der Waals surface area (Å²) < 4.78 is 52.1. The summed E-state index contributed by atoms with van der Waals surface area (Å²) in [7, 11) is 1.58. The summed E-state index contributed by atoms with van der Waals surface area (Å²) in [5, 5.41) is 0.634. The first-order chi connectivity index (χ1) is 23.3. The first-order valence-corrected chi connectivity index (χ1v) is 16.5. The van der Waals surface area contributed by atoms with Gasteiger partial charge in [-0.3, -0.25) is 19.5 Å². The molecule has 0 radical (unpaired) electrons. The number of ether oxygens (including phenoxy) is 4. The van der Waals surface area contributed by atoms with E-state index in [-0.39, 0.29) is 42.1 Å². The summed E-state index contributed by atoms with van der Waals surface area (Å²) in [5.74, 6) is 0.696. The quantitative estimate of drug-likeness (QED) is 0.151. The van der Waals surface area contributed by atoms with Crippen molar-refractivity contribution >= 4 is 22.5 Å². The van der Waals surface area contributed by atoms with Gasteiger partial charge < -0.3 is 18.9 Å². The maximum atomic E-state index is 15.4. The van der Waals surface area contributed by atoms with Crippen molar-refractivity contribution in [1.82, 2.24) is 9.88 Å². The Morgan fingerprint density at radius 2 is 1.58 bits per heavy atom. The van der Waals surface area contributed by atoms with Gasteiger partial charge in [0.2, 0.25) is 0 Å². The second kappa shape index (κ2) is 13.6. The minimum atomic E-state index is -1.05. The first-order valence-electron chi connectivity index (χ1n) is 16.5. The molecule has 3 aromatic carbocycles. The monoisotopic (exact) mass is 656 g/mol. The third kappa shape index (κ3) is 6.91. The Hall–Kier alpha value is -4.41. The van der Waals surface area contributed by atoms with Gasteiger partial charge in [-0.15, -0.1) is 0 Å². The molecule has 1 aliphatic heterocycles. The van der Waals surface area contributed by atoms with Crippen LogP contribution < -0.4 is 14.2 Å². The Bertz CT molecular complexity index is 1810. The molecule has 0 N–H and O–H groups in total. The molecule has 0 spiro atoms. The van der Waals surface area contributed by atoms with Gasteiger partial charge in [-0.2, -0.15) is 0 Å². The van der Waals surface area contributed by atoms with Crippen LogP contribution in [0, 0.1) is 23.0 Å². The molecule has 8 nitrogen and oxygen atoms in total. The van der Waals surface area contributed by atoms with Crippen LogP contribution in [0.4, 0.5) is 8.78 Å². The van der Waals surface area contributed by atoms with Gasteiger partial charge in [-0.25, -0.2) is 8.78 Å². The van der Waals surface area contributed by atoms with E-state index < -0.39 is 11.2 Å². The van der Waals surface area contributed by atoms with E-state index in [0.29, 0.717) is 58.0 Å². The summed E-state index contributed by atoms with van der Waals surface area (Å²) in [4.78, 5) is 33.2. The lowest BCUT2D eigenvalue weighted by atomic mass is 9.81. The molecule has 0 atom stereocenters. The molecular weight excluding hydrogens is 618 g/mol. The maximum absolute atomic E-state index is 15.4. The second-order valence-corrected chi connectivity index (χ2v) is 13.1. The minimum Gasteiger partial charge on any atom is -0.493 e. The number of morpholine rings is 1. The van der Waals surface area contributed by atoms with Crippen molar-refractivity contribution in [2.24, 2.45) is 11.3 Å². The highest BCUT2D eigenvalue weighted by Gasteiger charge is 2.54. The van der Waals surface area contributed by atoms with Crippen molar-refractivity contribution in [2.45, 2.75) is 44.6 Å². The molecule has 250 valence electrons. The molecule has 1 saturated heterocycles. The van der Waals surface area contributed by atoms with Crippen molar-refractivity contribution in [3.05, 3.63) is 89.6 Å². The number of hydrogen-bond donors (Lipinski definition) is 0. The Morgan fingerprint density at radius 3 is 2.27 bits per heavy atom. The number of pyridine rings is 1. The molecule has 2 heterocycles. The average Bonchev–Trinajstić information content (AvgIpc) is 3.89. The van der Waals surface area contributed by atoms with Crippen LogP contribution in [0.15, 0.2) is 66.9 Å². The summed E-state index contributed by atoms with van der Waals surface area (Å²) >= 11 is 0. The van der Waals surface area contributed by atoms with Crippen LogP contribution >= 0.6 is 0 Å². The van der Waals surface area contributed by atoms with Gasteiger partial charge in [0.25, 0.3) is 0 Å². The average molecular weight is 657 g/mol. The molecule has 2 saturated carbocycles. The molecule has 10 heteroatoms. The highest BCUT2D eigenvalue weighted by molar-refractivity contribution is 6.11. The number of benzene rings is 3. The second-order valence-electron chi connectivity index (χ2n) is 13.1. The Balaban J connectivity index is 0.994. The number of rotatable bonds is 13.